The molecule has 12 heteroatoms. The average molecular weight is 576 g/mol. The first-order chi connectivity index (χ1) is 19.9. The molecule has 2 atom stereocenters. The van der Waals surface area contributed by atoms with E-state index in [0.29, 0.717) is 5.69 Å². The molecule has 3 aromatic rings. The van der Waals surface area contributed by atoms with Gasteiger partial charge in [0.05, 0.1) is 11.1 Å². The summed E-state index contributed by atoms with van der Waals surface area (Å²) in [6.07, 6.45) is -4.47. The number of aliphatic carboxylic acids is 1. The monoisotopic (exact) mass is 575 g/mol. The molecule has 4 N–H and O–H groups in total. The largest absolute Gasteiger partial charge is 0.478 e. The summed E-state index contributed by atoms with van der Waals surface area (Å²) in [5, 5.41) is 12.5. The third-order valence-corrected chi connectivity index (χ3v) is 5.65. The van der Waals surface area contributed by atoms with Crippen molar-refractivity contribution < 1.29 is 43.3 Å². The Morgan fingerprint density at radius 3 is 1.57 bits per heavy atom. The molecule has 0 unspecified atom stereocenters. The van der Waals surface area contributed by atoms with Crippen LogP contribution in [0, 0.1) is 5.41 Å². The molecule has 42 heavy (non-hydrogen) atoms. The number of benzene rings is 3. The molecular weight excluding hydrogens is 546 g/mol. The van der Waals surface area contributed by atoms with Crippen LogP contribution in [0.5, 0.6) is 0 Å². The van der Waals surface area contributed by atoms with E-state index < -0.39 is 47.3 Å². The minimum absolute atomic E-state index is 0.00324. The van der Waals surface area contributed by atoms with Crippen molar-refractivity contribution in [3.8, 4) is 0 Å². The summed E-state index contributed by atoms with van der Waals surface area (Å²) in [7, 11) is 0. The first kappa shape index (κ1) is 31.0. The van der Waals surface area contributed by atoms with Crippen molar-refractivity contribution in [1.29, 1.82) is 0 Å². The summed E-state index contributed by atoms with van der Waals surface area (Å²) in [6, 6.07) is 20.6. The molecule has 0 heterocycles. The van der Waals surface area contributed by atoms with Gasteiger partial charge in [0.2, 0.25) is 18.1 Å². The fraction of sp³-hybridized carbons (Fsp3) is 0.200. The van der Waals surface area contributed by atoms with E-state index in [1.807, 2.05) is 5.43 Å². The van der Waals surface area contributed by atoms with E-state index in [0.717, 1.165) is 0 Å². The highest BCUT2D eigenvalue weighted by Crippen LogP contribution is 2.18. The van der Waals surface area contributed by atoms with Gasteiger partial charge in [0.25, 0.3) is 11.8 Å². The number of ether oxygens (including phenoxy) is 2. The van der Waals surface area contributed by atoms with E-state index in [9.17, 15) is 33.9 Å². The van der Waals surface area contributed by atoms with Gasteiger partial charge in [0.1, 0.15) is 0 Å². The highest BCUT2D eigenvalue weighted by atomic mass is 16.6. The Balaban J connectivity index is 1.76. The van der Waals surface area contributed by atoms with Crippen LogP contribution >= 0.6 is 0 Å². The number of carbonyl (C=O) groups is 6. The predicted molar refractivity (Wildman–Crippen MR) is 149 cm³/mol. The second-order valence-electron chi connectivity index (χ2n) is 9.95. The lowest BCUT2D eigenvalue weighted by Gasteiger charge is -2.23. The minimum Gasteiger partial charge on any atom is -0.478 e. The molecular formula is C30H29N3O9. The van der Waals surface area contributed by atoms with E-state index in [4.69, 9.17) is 9.47 Å². The lowest BCUT2D eigenvalue weighted by atomic mass is 9.95. The van der Waals surface area contributed by atoms with Gasteiger partial charge in [0, 0.05) is 16.7 Å². The van der Waals surface area contributed by atoms with Crippen LogP contribution < -0.4 is 16.2 Å². The van der Waals surface area contributed by atoms with Crippen LogP contribution in [0.1, 0.15) is 51.8 Å². The summed E-state index contributed by atoms with van der Waals surface area (Å²) in [6.45, 7) is 5.23. The fourth-order valence-corrected chi connectivity index (χ4v) is 3.29. The summed E-state index contributed by atoms with van der Waals surface area (Å²) in [4.78, 5) is 75.3. The molecule has 0 aliphatic rings. The Labute approximate surface area is 241 Å². The van der Waals surface area contributed by atoms with Crippen molar-refractivity contribution in [3.63, 3.8) is 0 Å². The molecule has 0 spiro atoms. The Morgan fingerprint density at radius 2 is 1.12 bits per heavy atom. The maximum Gasteiger partial charge on any atom is 0.349 e. The standard InChI is InChI=1S/C30H29N3O9/c1-30(2,3)29(40)31-21-16-14-18(15-17-21)24(34)32-33-25(35)22(41-27(38)19-10-6-4-7-11-19)23(26(36)37)42-28(39)20-12-8-5-9-13-20/h4-17,22-23H,1-3H3,(H,31,40)(H,32,34)(H,33,35)(H,36,37)/t22-,23+/m1/s1. The maximum atomic E-state index is 13.1. The molecule has 12 nitrogen and oxygen atoms in total. The highest BCUT2D eigenvalue weighted by molar-refractivity contribution is 6.00. The molecule has 3 aromatic carbocycles. The summed E-state index contributed by atoms with van der Waals surface area (Å²) in [5.41, 5.74) is 3.99. The Hall–Kier alpha value is -5.52. The van der Waals surface area contributed by atoms with Crippen LogP contribution in [0.25, 0.3) is 0 Å². The minimum atomic E-state index is -2.27. The number of carboxylic acid groups (broad SMARTS) is 1. The van der Waals surface area contributed by atoms with Gasteiger partial charge in [-0.1, -0.05) is 57.2 Å². The number of esters is 2. The molecule has 0 saturated heterocycles. The van der Waals surface area contributed by atoms with E-state index in [1.54, 1.807) is 32.9 Å². The summed E-state index contributed by atoms with van der Waals surface area (Å²) >= 11 is 0. The van der Waals surface area contributed by atoms with Crippen LogP contribution in [0.3, 0.4) is 0 Å². The Bertz CT molecular complexity index is 1450. The molecule has 0 aliphatic heterocycles. The second kappa shape index (κ2) is 13.7. The van der Waals surface area contributed by atoms with E-state index in [2.05, 4.69) is 10.7 Å². The molecule has 0 saturated carbocycles. The van der Waals surface area contributed by atoms with Crippen molar-refractivity contribution in [2.24, 2.45) is 5.41 Å². The van der Waals surface area contributed by atoms with Crippen molar-refractivity contribution in [2.75, 3.05) is 5.32 Å². The van der Waals surface area contributed by atoms with Crippen LogP contribution in [0.2, 0.25) is 0 Å². The van der Waals surface area contributed by atoms with Crippen molar-refractivity contribution >= 4 is 41.3 Å². The topological polar surface area (TPSA) is 177 Å². The zero-order valence-electron chi connectivity index (χ0n) is 23.0. The summed E-state index contributed by atoms with van der Waals surface area (Å²) < 4.78 is 10.2. The molecule has 0 aromatic heterocycles. The fourth-order valence-electron chi connectivity index (χ4n) is 3.29. The van der Waals surface area contributed by atoms with E-state index in [-0.39, 0.29) is 22.6 Å². The van der Waals surface area contributed by atoms with Gasteiger partial charge in [0.15, 0.2) is 0 Å². The number of nitrogens with one attached hydrogen (secondary N) is 3. The van der Waals surface area contributed by atoms with Crippen LogP contribution in [-0.2, 0) is 23.9 Å². The van der Waals surface area contributed by atoms with E-state index >= 15 is 0 Å². The zero-order valence-corrected chi connectivity index (χ0v) is 23.0. The van der Waals surface area contributed by atoms with Crippen molar-refractivity contribution in [3.05, 3.63) is 102 Å². The average Bonchev–Trinajstić information content (AvgIpc) is 2.97. The third kappa shape index (κ3) is 8.49. The van der Waals surface area contributed by atoms with Gasteiger partial charge in [-0.3, -0.25) is 25.2 Å². The van der Waals surface area contributed by atoms with Crippen LogP contribution in [0.15, 0.2) is 84.9 Å². The van der Waals surface area contributed by atoms with E-state index in [1.165, 1.54) is 72.8 Å². The van der Waals surface area contributed by atoms with Gasteiger partial charge in [-0.05, 0) is 48.5 Å². The molecule has 0 radical (unpaired) electrons. The van der Waals surface area contributed by atoms with Crippen molar-refractivity contribution in [1.82, 2.24) is 10.9 Å². The zero-order chi connectivity index (χ0) is 30.9. The van der Waals surface area contributed by atoms with Crippen LogP contribution in [-0.4, -0.2) is 52.9 Å². The molecule has 0 aliphatic carbocycles. The number of hydrazine groups is 1. The molecule has 0 fully saturated rings. The van der Waals surface area contributed by atoms with Gasteiger partial charge in [-0.25, -0.2) is 14.4 Å². The summed E-state index contributed by atoms with van der Waals surface area (Å²) in [5.74, 6) is -6.26. The smallest absolute Gasteiger partial charge is 0.349 e. The number of amides is 3. The van der Waals surface area contributed by atoms with Gasteiger partial charge in [-0.15, -0.1) is 0 Å². The molecule has 3 rings (SSSR count). The maximum absolute atomic E-state index is 13.1. The number of hydrogen-bond acceptors (Lipinski definition) is 8. The number of rotatable bonds is 9. The third-order valence-electron chi connectivity index (χ3n) is 5.65. The first-order valence-corrected chi connectivity index (χ1v) is 12.6. The quantitative estimate of drug-likeness (QED) is 0.221. The number of carbonyl (C=O) groups excluding carboxylic acids is 5. The normalized spacial score (nSPS) is 12.2. The number of anilines is 1. The molecule has 218 valence electrons. The van der Waals surface area contributed by atoms with Crippen LogP contribution in [0.4, 0.5) is 5.69 Å². The second-order valence-corrected chi connectivity index (χ2v) is 9.95. The lowest BCUT2D eigenvalue weighted by Crippen LogP contribution is -2.54. The molecule has 3 amide bonds. The number of hydrogen-bond donors (Lipinski definition) is 4. The Morgan fingerprint density at radius 1 is 0.643 bits per heavy atom. The van der Waals surface area contributed by atoms with Gasteiger partial charge < -0.3 is 19.9 Å². The number of carboxylic acids is 1. The predicted octanol–water partition coefficient (Wildman–Crippen LogP) is 2.97. The van der Waals surface area contributed by atoms with Gasteiger partial charge in [-0.2, -0.15) is 0 Å². The van der Waals surface area contributed by atoms with Gasteiger partial charge >= 0.3 is 17.9 Å². The Kier molecular flexibility index (Phi) is 10.1. The van der Waals surface area contributed by atoms with Crippen molar-refractivity contribution in [2.45, 2.75) is 33.0 Å². The highest BCUT2D eigenvalue weighted by Gasteiger charge is 2.41. The first-order valence-electron chi connectivity index (χ1n) is 12.6. The molecule has 0 bridgehead atoms. The lowest BCUT2D eigenvalue weighted by molar-refractivity contribution is -0.159. The SMILES string of the molecule is CC(C)(C)C(=O)Nc1ccc(C(=O)NNC(=O)[C@H](OC(=O)c2ccccc2)[C@H](OC(=O)c2ccccc2)C(=O)O)cc1.